The molecule has 0 atom stereocenters. The van der Waals surface area contributed by atoms with Crippen LogP contribution in [-0.4, -0.2) is 0 Å². The van der Waals surface area contributed by atoms with Crippen LogP contribution in [0.4, 0.5) is 42.9 Å². The fraction of sp³-hybridized carbons (Fsp3) is 0.147. The van der Waals surface area contributed by atoms with Crippen LogP contribution in [0.25, 0.3) is 76.8 Å². The van der Waals surface area contributed by atoms with Gasteiger partial charge in [0, 0.05) is 33.3 Å². The molecular weight excluding hydrogens is 967 g/mol. The second kappa shape index (κ2) is 20.2. The summed E-state index contributed by atoms with van der Waals surface area (Å²) in [5.74, 6) is -0.421. The molecule has 12 rings (SSSR count). The van der Waals surface area contributed by atoms with Gasteiger partial charge < -0.3 is 9.80 Å². The van der Waals surface area contributed by atoms with Crippen LogP contribution in [0.15, 0.2) is 218 Å². The highest BCUT2D eigenvalue weighted by atomic mass is 19.1. The number of nitrogens with zero attached hydrogens (tertiary/aromatic N) is 2. The summed E-state index contributed by atoms with van der Waals surface area (Å²) in [6.45, 7) is 19.4. The van der Waals surface area contributed by atoms with Gasteiger partial charge in [-0.05, 0) is 188 Å². The van der Waals surface area contributed by atoms with Gasteiger partial charge in [-0.15, -0.1) is 0 Å². The monoisotopic (exact) mass is 1030 g/mol. The van der Waals surface area contributed by atoms with Crippen LogP contribution >= 0.6 is 0 Å². The third kappa shape index (κ3) is 9.09. The molecule has 0 bridgehead atoms. The lowest BCUT2D eigenvalue weighted by atomic mass is 9.86. The first-order valence-corrected chi connectivity index (χ1v) is 27.6. The average molecular weight is 1030 g/mol. The van der Waals surface area contributed by atoms with E-state index >= 15 is 8.78 Å². The van der Waals surface area contributed by atoms with E-state index in [4.69, 9.17) is 0 Å². The summed E-state index contributed by atoms with van der Waals surface area (Å²) in [7, 11) is 0. The number of benzene rings is 12. The molecule has 2 nitrogen and oxygen atoms in total. The Hall–Kier alpha value is -8.86. The zero-order valence-electron chi connectivity index (χ0n) is 46.5. The summed E-state index contributed by atoms with van der Waals surface area (Å²) in [5.41, 5.74) is 17.8. The minimum Gasteiger partial charge on any atom is -0.307 e. The van der Waals surface area contributed by atoms with E-state index < -0.39 is 0 Å². The highest BCUT2D eigenvalue weighted by Crippen LogP contribution is 2.53. The first-order chi connectivity index (χ1) is 38.1. The lowest BCUT2D eigenvalue weighted by Crippen LogP contribution is -2.17. The Labute approximate surface area is 464 Å². The Morgan fingerprint density at radius 2 is 0.759 bits per heavy atom. The highest BCUT2D eigenvalue weighted by Gasteiger charge is 2.30. The standard InChI is InChI=1S/C75H64F2N2/c1-46(2)53-24-18-26-57(40-53)78(73-65(61-30-16-12-22-49(61)5)41-54(43-67(73)76)59-28-14-10-20-47(59)3)69-38-34-51-33-37-64-70(39-35-52-32-36-63(69)71(51)72(52)64)79(58-27-19-25-56(45-58)75(7,8)9)74-66(62-31-17-13-23-50(62)6)42-55(44-68(74)77)60-29-15-11-21-48(60)4/h10-46H,1-9H3. The SMILES string of the molecule is Cc1ccccc1-c1cc(F)c(N(c2cccc(C(C)C)c2)c2ccc3ccc4c(N(c5cccc(C(C)(C)C)c5)c5c(F)cc(-c6ccccc6C)cc5-c5ccccc5C)ccc5ccc2c3c54)c(-c2ccccc2C)c1. The second-order valence-electron chi connectivity index (χ2n) is 22.8. The van der Waals surface area contributed by atoms with Gasteiger partial charge in [-0.25, -0.2) is 8.78 Å². The number of halogens is 2. The second-order valence-corrected chi connectivity index (χ2v) is 22.8. The molecule has 12 aromatic carbocycles. The van der Waals surface area contributed by atoms with Crippen LogP contribution in [-0.2, 0) is 5.41 Å². The molecular formula is C75H64F2N2. The minimum atomic E-state index is -0.327. The number of aryl methyl sites for hydroxylation is 4. The Bertz CT molecular complexity index is 4310. The molecule has 79 heavy (non-hydrogen) atoms. The summed E-state index contributed by atoms with van der Waals surface area (Å²) >= 11 is 0. The molecule has 0 saturated carbocycles. The van der Waals surface area contributed by atoms with Gasteiger partial charge in [0.1, 0.15) is 11.6 Å². The molecule has 0 amide bonds. The molecule has 0 radical (unpaired) electrons. The van der Waals surface area contributed by atoms with Gasteiger partial charge in [-0.1, -0.05) is 192 Å². The lowest BCUT2D eigenvalue weighted by molar-refractivity contribution is 0.590. The van der Waals surface area contributed by atoms with Crippen LogP contribution in [0.1, 0.15) is 73.9 Å². The quantitative estimate of drug-likeness (QED) is 0.119. The number of anilines is 6. The van der Waals surface area contributed by atoms with Crippen LogP contribution in [0.2, 0.25) is 0 Å². The van der Waals surface area contributed by atoms with Crippen LogP contribution in [0.5, 0.6) is 0 Å². The molecule has 4 heteroatoms. The van der Waals surface area contributed by atoms with E-state index in [0.29, 0.717) is 11.4 Å². The predicted octanol–water partition coefficient (Wildman–Crippen LogP) is 22.1. The maximum absolute atomic E-state index is 18.3. The van der Waals surface area contributed by atoms with Crippen LogP contribution < -0.4 is 9.80 Å². The Morgan fingerprint density at radius 3 is 1.18 bits per heavy atom. The Morgan fingerprint density at radius 1 is 0.367 bits per heavy atom. The largest absolute Gasteiger partial charge is 0.307 e. The number of hydrogen-bond donors (Lipinski definition) is 0. The van der Waals surface area contributed by atoms with Crippen molar-refractivity contribution in [2.75, 3.05) is 9.80 Å². The van der Waals surface area contributed by atoms with E-state index in [1.54, 1.807) is 12.1 Å². The zero-order valence-corrected chi connectivity index (χ0v) is 46.5. The van der Waals surface area contributed by atoms with E-state index in [0.717, 1.165) is 133 Å². The molecule has 0 unspecified atom stereocenters. The molecule has 0 aliphatic carbocycles. The molecule has 0 N–H and O–H groups in total. The van der Waals surface area contributed by atoms with Crippen molar-refractivity contribution in [3.63, 3.8) is 0 Å². The summed E-state index contributed by atoms with van der Waals surface area (Å²) < 4.78 is 36.6. The van der Waals surface area contributed by atoms with Crippen molar-refractivity contribution in [3.05, 3.63) is 263 Å². The van der Waals surface area contributed by atoms with Crippen molar-refractivity contribution in [2.24, 2.45) is 0 Å². The van der Waals surface area contributed by atoms with E-state index in [9.17, 15) is 0 Å². The van der Waals surface area contributed by atoms with E-state index in [-0.39, 0.29) is 23.0 Å². The maximum Gasteiger partial charge on any atom is 0.148 e. The molecule has 0 heterocycles. The first-order valence-electron chi connectivity index (χ1n) is 27.6. The minimum absolute atomic E-state index is 0.188. The Balaban J connectivity index is 1.16. The van der Waals surface area contributed by atoms with E-state index in [1.807, 2.05) is 48.5 Å². The molecule has 388 valence electrons. The third-order valence-corrected chi connectivity index (χ3v) is 16.2. The van der Waals surface area contributed by atoms with Crippen LogP contribution in [0, 0.1) is 39.3 Å². The fourth-order valence-corrected chi connectivity index (χ4v) is 12.0. The molecule has 12 aromatic rings. The van der Waals surface area contributed by atoms with Gasteiger partial charge in [-0.2, -0.15) is 0 Å². The van der Waals surface area contributed by atoms with Crippen molar-refractivity contribution in [2.45, 2.75) is 73.6 Å². The van der Waals surface area contributed by atoms with Crippen molar-refractivity contribution < 1.29 is 8.78 Å². The molecule has 0 spiro atoms. The highest BCUT2D eigenvalue weighted by molar-refractivity contribution is 6.28. The zero-order chi connectivity index (χ0) is 54.9. The predicted molar refractivity (Wildman–Crippen MR) is 333 cm³/mol. The van der Waals surface area contributed by atoms with E-state index in [2.05, 4.69) is 230 Å². The van der Waals surface area contributed by atoms with Gasteiger partial charge in [0.25, 0.3) is 0 Å². The van der Waals surface area contributed by atoms with Crippen molar-refractivity contribution in [1.29, 1.82) is 0 Å². The summed E-state index contributed by atoms with van der Waals surface area (Å²) in [6, 6.07) is 75.4. The fourth-order valence-electron chi connectivity index (χ4n) is 12.0. The maximum atomic E-state index is 18.3. The molecule has 0 aliphatic rings. The van der Waals surface area contributed by atoms with Crippen molar-refractivity contribution in [1.82, 2.24) is 0 Å². The molecule has 0 aliphatic heterocycles. The number of rotatable bonds is 11. The van der Waals surface area contributed by atoms with Gasteiger partial charge in [0.2, 0.25) is 0 Å². The van der Waals surface area contributed by atoms with Crippen LogP contribution in [0.3, 0.4) is 0 Å². The van der Waals surface area contributed by atoms with Gasteiger partial charge in [0.05, 0.1) is 22.7 Å². The van der Waals surface area contributed by atoms with Crippen molar-refractivity contribution >= 4 is 66.4 Å². The molecule has 0 fully saturated rings. The summed E-state index contributed by atoms with van der Waals surface area (Å²) in [4.78, 5) is 4.31. The van der Waals surface area contributed by atoms with Gasteiger partial charge >= 0.3 is 0 Å². The smallest absolute Gasteiger partial charge is 0.148 e. The first kappa shape index (κ1) is 50.9. The van der Waals surface area contributed by atoms with Crippen molar-refractivity contribution in [3.8, 4) is 44.5 Å². The number of hydrogen-bond acceptors (Lipinski definition) is 2. The van der Waals surface area contributed by atoms with Gasteiger partial charge in [-0.3, -0.25) is 0 Å². The normalized spacial score (nSPS) is 11.8. The molecule has 0 saturated heterocycles. The lowest BCUT2D eigenvalue weighted by Gasteiger charge is -2.32. The van der Waals surface area contributed by atoms with Gasteiger partial charge in [0.15, 0.2) is 0 Å². The summed E-state index contributed by atoms with van der Waals surface area (Å²) in [5, 5.41) is 6.13. The van der Waals surface area contributed by atoms with E-state index in [1.165, 1.54) is 0 Å². The Kier molecular flexibility index (Phi) is 13.0. The topological polar surface area (TPSA) is 6.48 Å². The average Bonchev–Trinajstić information content (AvgIpc) is 3.49. The third-order valence-electron chi connectivity index (χ3n) is 16.2. The summed E-state index contributed by atoms with van der Waals surface area (Å²) in [6.07, 6.45) is 0. The molecule has 0 aromatic heterocycles.